The predicted octanol–water partition coefficient (Wildman–Crippen LogP) is 0.184. The Morgan fingerprint density at radius 2 is 2.40 bits per heavy atom. The Labute approximate surface area is 117 Å². The monoisotopic (exact) mass is 280 g/mol. The molecule has 1 aromatic heterocycles. The van der Waals surface area contributed by atoms with Crippen LogP contribution in [0.1, 0.15) is 37.6 Å². The van der Waals surface area contributed by atoms with Crippen molar-refractivity contribution in [3.05, 3.63) is 17.7 Å². The van der Waals surface area contributed by atoms with Crippen LogP contribution < -0.4 is 10.6 Å². The number of rotatable bonds is 6. The van der Waals surface area contributed by atoms with Crippen molar-refractivity contribution in [3.8, 4) is 0 Å². The van der Waals surface area contributed by atoms with Crippen molar-refractivity contribution in [1.29, 1.82) is 0 Å². The minimum absolute atomic E-state index is 0.0239. The number of aliphatic carboxylic acids is 1. The SMILES string of the molecule is CC(CCCC(=O)O)NC(=O)C1Cc2nc[nH]c2CN1. The standard InChI is InChI=1S/C13H20N4O3/c1-8(3-2-4-12(18)19)17-13(20)10-5-9-11(6-14-10)16-7-15-9/h7-8,10,14H,2-6H2,1H3,(H,15,16)(H,17,20)(H,18,19). The summed E-state index contributed by atoms with van der Waals surface area (Å²) in [7, 11) is 0. The second-order valence-electron chi connectivity index (χ2n) is 5.16. The molecular weight excluding hydrogens is 260 g/mol. The smallest absolute Gasteiger partial charge is 0.303 e. The minimum atomic E-state index is -0.802. The minimum Gasteiger partial charge on any atom is -0.481 e. The fourth-order valence-electron chi connectivity index (χ4n) is 2.33. The van der Waals surface area contributed by atoms with E-state index in [-0.39, 0.29) is 24.4 Å². The highest BCUT2D eigenvalue weighted by Gasteiger charge is 2.26. The van der Waals surface area contributed by atoms with Crippen LogP contribution in [0.4, 0.5) is 0 Å². The molecule has 0 saturated heterocycles. The molecule has 2 atom stereocenters. The molecule has 0 aliphatic carbocycles. The van der Waals surface area contributed by atoms with Crippen molar-refractivity contribution in [3.63, 3.8) is 0 Å². The van der Waals surface area contributed by atoms with E-state index in [4.69, 9.17) is 5.11 Å². The van der Waals surface area contributed by atoms with Crippen LogP contribution in [-0.2, 0) is 22.6 Å². The van der Waals surface area contributed by atoms with Crippen LogP contribution in [0.25, 0.3) is 0 Å². The number of fused-ring (bicyclic) bond motifs is 1. The van der Waals surface area contributed by atoms with Gasteiger partial charge in [0, 0.05) is 25.4 Å². The van der Waals surface area contributed by atoms with Crippen LogP contribution in [-0.4, -0.2) is 39.0 Å². The quantitative estimate of drug-likeness (QED) is 0.595. The van der Waals surface area contributed by atoms with Crippen LogP contribution >= 0.6 is 0 Å². The third-order valence-electron chi connectivity index (χ3n) is 3.46. The van der Waals surface area contributed by atoms with Gasteiger partial charge < -0.3 is 15.4 Å². The van der Waals surface area contributed by atoms with E-state index in [0.717, 1.165) is 11.4 Å². The van der Waals surface area contributed by atoms with Crippen molar-refractivity contribution in [2.75, 3.05) is 0 Å². The lowest BCUT2D eigenvalue weighted by atomic mass is 10.0. The van der Waals surface area contributed by atoms with Crippen molar-refractivity contribution in [2.24, 2.45) is 0 Å². The van der Waals surface area contributed by atoms with E-state index >= 15 is 0 Å². The van der Waals surface area contributed by atoms with Crippen LogP contribution in [0, 0.1) is 0 Å². The summed E-state index contributed by atoms with van der Waals surface area (Å²) in [5.41, 5.74) is 1.96. The van der Waals surface area contributed by atoms with Crippen molar-refractivity contribution in [1.82, 2.24) is 20.6 Å². The molecular formula is C13H20N4O3. The Morgan fingerprint density at radius 1 is 1.60 bits per heavy atom. The number of hydrogen-bond acceptors (Lipinski definition) is 4. The third-order valence-corrected chi connectivity index (χ3v) is 3.46. The van der Waals surface area contributed by atoms with E-state index in [1.807, 2.05) is 6.92 Å². The number of carbonyl (C=O) groups excluding carboxylic acids is 1. The number of aromatic amines is 1. The number of nitrogens with zero attached hydrogens (tertiary/aromatic N) is 1. The van der Waals surface area contributed by atoms with Gasteiger partial charge in [0.05, 0.1) is 23.8 Å². The Bertz CT molecular complexity index is 486. The lowest BCUT2D eigenvalue weighted by Crippen LogP contribution is -2.49. The first kappa shape index (κ1) is 14.5. The first-order valence-corrected chi connectivity index (χ1v) is 6.83. The molecule has 0 bridgehead atoms. The molecule has 20 heavy (non-hydrogen) atoms. The summed E-state index contributed by atoms with van der Waals surface area (Å²) in [4.78, 5) is 29.8. The number of hydrogen-bond donors (Lipinski definition) is 4. The Balaban J connectivity index is 1.76. The third kappa shape index (κ3) is 3.80. The molecule has 0 aromatic carbocycles. The van der Waals surface area contributed by atoms with Crippen LogP contribution in [0.3, 0.4) is 0 Å². The summed E-state index contributed by atoms with van der Waals surface area (Å²) in [6, 6.07) is -0.294. The van der Waals surface area contributed by atoms with Gasteiger partial charge in [-0.15, -0.1) is 0 Å². The van der Waals surface area contributed by atoms with Gasteiger partial charge in [-0.25, -0.2) is 4.98 Å². The maximum atomic E-state index is 12.1. The van der Waals surface area contributed by atoms with E-state index in [9.17, 15) is 9.59 Å². The first-order valence-electron chi connectivity index (χ1n) is 6.83. The Morgan fingerprint density at radius 3 is 3.15 bits per heavy atom. The molecule has 2 unspecified atom stereocenters. The molecule has 0 spiro atoms. The molecule has 1 aliphatic rings. The van der Waals surface area contributed by atoms with E-state index in [2.05, 4.69) is 20.6 Å². The molecule has 1 aliphatic heterocycles. The molecule has 2 heterocycles. The van der Waals surface area contributed by atoms with Gasteiger partial charge in [-0.2, -0.15) is 0 Å². The topological polar surface area (TPSA) is 107 Å². The number of nitrogens with one attached hydrogen (secondary N) is 3. The van der Waals surface area contributed by atoms with Crippen LogP contribution in [0.2, 0.25) is 0 Å². The molecule has 0 radical (unpaired) electrons. The maximum absolute atomic E-state index is 12.1. The van der Waals surface area contributed by atoms with Gasteiger partial charge in [0.1, 0.15) is 0 Å². The lowest BCUT2D eigenvalue weighted by Gasteiger charge is -2.24. The number of amides is 1. The van der Waals surface area contributed by atoms with Gasteiger partial charge in [-0.1, -0.05) is 0 Å². The van der Waals surface area contributed by atoms with E-state index in [0.29, 0.717) is 25.8 Å². The zero-order valence-corrected chi connectivity index (χ0v) is 11.5. The molecule has 4 N–H and O–H groups in total. The van der Waals surface area contributed by atoms with Gasteiger partial charge in [-0.05, 0) is 19.8 Å². The van der Waals surface area contributed by atoms with Gasteiger partial charge in [0.2, 0.25) is 5.91 Å². The van der Waals surface area contributed by atoms with Gasteiger partial charge >= 0.3 is 5.97 Å². The number of H-pyrrole nitrogens is 1. The highest BCUT2D eigenvalue weighted by atomic mass is 16.4. The summed E-state index contributed by atoms with van der Waals surface area (Å²) in [5.74, 6) is -0.856. The number of carboxylic acids is 1. The average Bonchev–Trinajstić information content (AvgIpc) is 2.85. The summed E-state index contributed by atoms with van der Waals surface area (Å²) in [6.07, 6.45) is 3.59. The molecule has 7 heteroatoms. The Kier molecular flexibility index (Phi) is 4.73. The number of carboxylic acid groups (broad SMARTS) is 1. The van der Waals surface area contributed by atoms with Gasteiger partial charge in [-0.3, -0.25) is 14.9 Å². The highest BCUT2D eigenvalue weighted by molar-refractivity contribution is 5.82. The van der Waals surface area contributed by atoms with Crippen molar-refractivity contribution >= 4 is 11.9 Å². The summed E-state index contributed by atoms with van der Waals surface area (Å²) < 4.78 is 0. The average molecular weight is 280 g/mol. The van der Waals surface area contributed by atoms with Crippen molar-refractivity contribution < 1.29 is 14.7 Å². The van der Waals surface area contributed by atoms with Gasteiger partial charge in [0.25, 0.3) is 0 Å². The highest BCUT2D eigenvalue weighted by Crippen LogP contribution is 2.12. The normalized spacial score (nSPS) is 19.1. The number of imidazole rings is 1. The van der Waals surface area contributed by atoms with E-state index in [1.54, 1.807) is 6.33 Å². The van der Waals surface area contributed by atoms with Crippen molar-refractivity contribution in [2.45, 2.75) is 51.2 Å². The van der Waals surface area contributed by atoms with Crippen LogP contribution in [0.15, 0.2) is 6.33 Å². The zero-order valence-electron chi connectivity index (χ0n) is 11.5. The summed E-state index contributed by atoms with van der Waals surface area (Å²) >= 11 is 0. The molecule has 2 rings (SSSR count). The number of carbonyl (C=O) groups is 2. The molecule has 7 nitrogen and oxygen atoms in total. The summed E-state index contributed by atoms with van der Waals surface area (Å²) in [6.45, 7) is 2.50. The number of aromatic nitrogens is 2. The molecule has 0 fully saturated rings. The fraction of sp³-hybridized carbons (Fsp3) is 0.615. The first-order chi connectivity index (χ1) is 9.56. The second kappa shape index (κ2) is 6.51. The lowest BCUT2D eigenvalue weighted by molar-refractivity contribution is -0.137. The molecule has 1 aromatic rings. The largest absolute Gasteiger partial charge is 0.481 e. The van der Waals surface area contributed by atoms with Crippen LogP contribution in [0.5, 0.6) is 0 Å². The predicted molar refractivity (Wildman–Crippen MR) is 72.0 cm³/mol. The van der Waals surface area contributed by atoms with E-state index < -0.39 is 5.97 Å². The molecule has 1 amide bonds. The van der Waals surface area contributed by atoms with Gasteiger partial charge in [0.15, 0.2) is 0 Å². The zero-order chi connectivity index (χ0) is 14.5. The maximum Gasteiger partial charge on any atom is 0.303 e. The molecule has 110 valence electrons. The molecule has 0 saturated carbocycles. The van der Waals surface area contributed by atoms with E-state index in [1.165, 1.54) is 0 Å². The fourth-order valence-corrected chi connectivity index (χ4v) is 2.33. The Hall–Kier alpha value is -1.89. The second-order valence-corrected chi connectivity index (χ2v) is 5.16. The summed E-state index contributed by atoms with van der Waals surface area (Å²) in [5, 5.41) is 14.7.